The fourth-order valence-corrected chi connectivity index (χ4v) is 3.19. The SMILES string of the molecule is O=C(c1ccc(S(=O)(=O)Nc2ccccc2F)cc1)C1CC1. The zero-order valence-electron chi connectivity index (χ0n) is 11.6. The number of nitrogens with one attached hydrogen (secondary N) is 1. The van der Waals surface area contributed by atoms with Crippen molar-refractivity contribution in [1.82, 2.24) is 0 Å². The maximum absolute atomic E-state index is 13.5. The van der Waals surface area contributed by atoms with Gasteiger partial charge in [-0.05, 0) is 37.1 Å². The minimum atomic E-state index is -3.88. The van der Waals surface area contributed by atoms with Crippen molar-refractivity contribution in [3.05, 3.63) is 59.9 Å². The van der Waals surface area contributed by atoms with Crippen LogP contribution in [0.3, 0.4) is 0 Å². The van der Waals surface area contributed by atoms with Crippen molar-refractivity contribution in [1.29, 1.82) is 0 Å². The van der Waals surface area contributed by atoms with Crippen LogP contribution in [0.2, 0.25) is 0 Å². The molecule has 22 heavy (non-hydrogen) atoms. The molecule has 114 valence electrons. The number of halogens is 1. The highest BCUT2D eigenvalue weighted by atomic mass is 32.2. The first kappa shape index (κ1) is 14.7. The number of Topliss-reactive ketones (excluding diaryl/α,β-unsaturated/α-hetero) is 1. The lowest BCUT2D eigenvalue weighted by Gasteiger charge is -2.09. The molecule has 0 unspecified atom stereocenters. The number of ketones is 1. The second-order valence-corrected chi connectivity index (χ2v) is 6.93. The van der Waals surface area contributed by atoms with E-state index in [0.29, 0.717) is 5.56 Å². The number of rotatable bonds is 5. The van der Waals surface area contributed by atoms with Crippen LogP contribution < -0.4 is 4.72 Å². The van der Waals surface area contributed by atoms with Gasteiger partial charge in [-0.2, -0.15) is 0 Å². The molecule has 3 rings (SSSR count). The fourth-order valence-electron chi connectivity index (χ4n) is 2.13. The van der Waals surface area contributed by atoms with Crippen LogP contribution in [0, 0.1) is 11.7 Å². The van der Waals surface area contributed by atoms with E-state index in [2.05, 4.69) is 4.72 Å². The van der Waals surface area contributed by atoms with Gasteiger partial charge in [-0.3, -0.25) is 9.52 Å². The van der Waals surface area contributed by atoms with E-state index in [1.807, 2.05) is 0 Å². The van der Waals surface area contributed by atoms with E-state index in [1.165, 1.54) is 42.5 Å². The van der Waals surface area contributed by atoms with Gasteiger partial charge >= 0.3 is 0 Å². The molecule has 1 saturated carbocycles. The van der Waals surface area contributed by atoms with Crippen LogP contribution in [0.1, 0.15) is 23.2 Å². The van der Waals surface area contributed by atoms with Gasteiger partial charge in [-0.1, -0.05) is 24.3 Å². The Morgan fingerprint density at radius 1 is 1.05 bits per heavy atom. The van der Waals surface area contributed by atoms with E-state index in [9.17, 15) is 17.6 Å². The van der Waals surface area contributed by atoms with Gasteiger partial charge < -0.3 is 0 Å². The van der Waals surface area contributed by atoms with Crippen LogP contribution in [0.5, 0.6) is 0 Å². The highest BCUT2D eigenvalue weighted by molar-refractivity contribution is 7.92. The van der Waals surface area contributed by atoms with E-state index in [0.717, 1.165) is 12.8 Å². The van der Waals surface area contributed by atoms with Gasteiger partial charge in [0.1, 0.15) is 5.82 Å². The van der Waals surface area contributed by atoms with Crippen molar-refractivity contribution in [2.75, 3.05) is 4.72 Å². The number of para-hydroxylation sites is 1. The van der Waals surface area contributed by atoms with Gasteiger partial charge in [0.2, 0.25) is 0 Å². The summed E-state index contributed by atoms with van der Waals surface area (Å²) in [6.45, 7) is 0. The Morgan fingerprint density at radius 3 is 2.27 bits per heavy atom. The molecule has 2 aromatic carbocycles. The highest BCUT2D eigenvalue weighted by Crippen LogP contribution is 2.32. The standard InChI is InChI=1S/C16H14FNO3S/c17-14-3-1-2-4-15(14)18-22(20,21)13-9-7-12(8-10-13)16(19)11-5-6-11/h1-4,7-11,18H,5-6H2. The molecule has 0 saturated heterocycles. The zero-order valence-corrected chi connectivity index (χ0v) is 12.4. The van der Waals surface area contributed by atoms with Gasteiger partial charge in [0.25, 0.3) is 10.0 Å². The van der Waals surface area contributed by atoms with E-state index in [4.69, 9.17) is 0 Å². The van der Waals surface area contributed by atoms with Crippen LogP contribution in [-0.4, -0.2) is 14.2 Å². The fraction of sp³-hybridized carbons (Fsp3) is 0.188. The Balaban J connectivity index is 1.83. The number of carbonyl (C=O) groups excluding carboxylic acids is 1. The van der Waals surface area contributed by atoms with Crippen LogP contribution in [0.25, 0.3) is 0 Å². The predicted octanol–water partition coefficient (Wildman–Crippen LogP) is 3.22. The molecule has 6 heteroatoms. The molecule has 0 bridgehead atoms. The minimum Gasteiger partial charge on any atom is -0.294 e. The van der Waals surface area contributed by atoms with Gasteiger partial charge in [-0.15, -0.1) is 0 Å². The molecule has 0 aromatic heterocycles. The molecule has 2 aromatic rings. The van der Waals surface area contributed by atoms with E-state index >= 15 is 0 Å². The molecule has 0 aliphatic heterocycles. The summed E-state index contributed by atoms with van der Waals surface area (Å²) in [6, 6.07) is 11.3. The summed E-state index contributed by atoms with van der Waals surface area (Å²) in [5.41, 5.74) is 0.396. The number of hydrogen-bond donors (Lipinski definition) is 1. The first-order chi connectivity index (χ1) is 10.5. The lowest BCUT2D eigenvalue weighted by atomic mass is 10.1. The van der Waals surface area contributed by atoms with Crippen LogP contribution in [-0.2, 0) is 10.0 Å². The van der Waals surface area contributed by atoms with Crippen LogP contribution in [0.4, 0.5) is 10.1 Å². The first-order valence-corrected chi connectivity index (χ1v) is 8.37. The molecule has 0 heterocycles. The number of sulfonamides is 1. The third kappa shape index (κ3) is 3.01. The monoisotopic (exact) mass is 319 g/mol. The Hall–Kier alpha value is -2.21. The largest absolute Gasteiger partial charge is 0.294 e. The van der Waals surface area contributed by atoms with Crippen molar-refractivity contribution < 1.29 is 17.6 Å². The molecule has 1 N–H and O–H groups in total. The smallest absolute Gasteiger partial charge is 0.261 e. The summed E-state index contributed by atoms with van der Waals surface area (Å²) in [5.74, 6) is -0.517. The Bertz CT molecular complexity index is 812. The quantitative estimate of drug-likeness (QED) is 0.861. The molecule has 0 atom stereocenters. The molecule has 1 aliphatic rings. The molecule has 1 fully saturated rings. The lowest BCUT2D eigenvalue weighted by molar-refractivity contribution is 0.0967. The second kappa shape index (κ2) is 5.53. The van der Waals surface area contributed by atoms with E-state index in [-0.39, 0.29) is 22.3 Å². The van der Waals surface area contributed by atoms with E-state index in [1.54, 1.807) is 6.07 Å². The average Bonchev–Trinajstić information content (AvgIpc) is 3.34. The Kier molecular flexibility index (Phi) is 3.70. The number of hydrogen-bond acceptors (Lipinski definition) is 3. The summed E-state index contributed by atoms with van der Waals surface area (Å²) in [6.07, 6.45) is 1.79. The van der Waals surface area contributed by atoms with Crippen molar-refractivity contribution in [2.45, 2.75) is 17.7 Å². The topological polar surface area (TPSA) is 63.2 Å². The number of carbonyl (C=O) groups is 1. The molecule has 1 aliphatic carbocycles. The third-order valence-electron chi connectivity index (χ3n) is 3.52. The van der Waals surface area contributed by atoms with Gasteiger partial charge in [0.15, 0.2) is 5.78 Å². The normalized spacial score (nSPS) is 14.6. The summed E-state index contributed by atoms with van der Waals surface area (Å²) in [4.78, 5) is 11.9. The number of anilines is 1. The summed E-state index contributed by atoms with van der Waals surface area (Å²) < 4.78 is 40.2. The maximum Gasteiger partial charge on any atom is 0.261 e. The van der Waals surface area contributed by atoms with Gasteiger partial charge in [-0.25, -0.2) is 12.8 Å². The van der Waals surface area contributed by atoms with E-state index < -0.39 is 15.8 Å². The summed E-state index contributed by atoms with van der Waals surface area (Å²) >= 11 is 0. The second-order valence-electron chi connectivity index (χ2n) is 5.25. The minimum absolute atomic E-state index is 0.0110. The Labute approximate surface area is 128 Å². The first-order valence-electron chi connectivity index (χ1n) is 6.89. The molecule has 0 amide bonds. The highest BCUT2D eigenvalue weighted by Gasteiger charge is 2.30. The van der Waals surface area contributed by atoms with Crippen molar-refractivity contribution in [3.8, 4) is 0 Å². The third-order valence-corrected chi connectivity index (χ3v) is 4.90. The van der Waals surface area contributed by atoms with Crippen molar-refractivity contribution in [3.63, 3.8) is 0 Å². The van der Waals surface area contributed by atoms with Gasteiger partial charge in [0.05, 0.1) is 10.6 Å². The molecule has 0 radical (unpaired) electrons. The molecular formula is C16H14FNO3S. The van der Waals surface area contributed by atoms with Crippen LogP contribution in [0.15, 0.2) is 53.4 Å². The molecular weight excluding hydrogens is 305 g/mol. The van der Waals surface area contributed by atoms with Gasteiger partial charge in [0, 0.05) is 11.5 Å². The Morgan fingerprint density at radius 2 is 1.68 bits per heavy atom. The lowest BCUT2D eigenvalue weighted by Crippen LogP contribution is -2.14. The molecule has 4 nitrogen and oxygen atoms in total. The van der Waals surface area contributed by atoms with Crippen molar-refractivity contribution in [2.24, 2.45) is 5.92 Å². The van der Waals surface area contributed by atoms with Crippen molar-refractivity contribution >= 4 is 21.5 Å². The zero-order chi connectivity index (χ0) is 15.7. The summed E-state index contributed by atoms with van der Waals surface area (Å²) in [7, 11) is -3.88. The van der Waals surface area contributed by atoms with Crippen LogP contribution >= 0.6 is 0 Å². The molecule has 0 spiro atoms. The summed E-state index contributed by atoms with van der Waals surface area (Å²) in [5, 5.41) is 0. The maximum atomic E-state index is 13.5. The predicted molar refractivity (Wildman–Crippen MR) is 80.7 cm³/mol. The average molecular weight is 319 g/mol. The number of benzene rings is 2.